The first-order chi connectivity index (χ1) is 21.6. The largest absolute Gasteiger partial charge is 0.461 e. The number of furan rings is 1. The molecule has 234 valence electrons. The topological polar surface area (TPSA) is 120 Å². The Morgan fingerprint density at radius 1 is 0.978 bits per heavy atom. The second kappa shape index (κ2) is 13.7. The van der Waals surface area contributed by atoms with Crippen molar-refractivity contribution in [1.82, 2.24) is 20.0 Å². The number of carbonyl (C=O) groups excluding carboxylic acids is 4. The van der Waals surface area contributed by atoms with Crippen molar-refractivity contribution in [1.29, 1.82) is 0 Å². The van der Waals surface area contributed by atoms with Crippen LogP contribution in [0, 0.1) is 13.5 Å². The molecule has 11 heteroatoms. The minimum Gasteiger partial charge on any atom is -0.461 e. The fourth-order valence-corrected chi connectivity index (χ4v) is 5.74. The highest BCUT2D eigenvalue weighted by Crippen LogP contribution is 2.25. The van der Waals surface area contributed by atoms with E-state index in [-0.39, 0.29) is 41.3 Å². The smallest absolute Gasteiger partial charge is 0.272 e. The Morgan fingerprint density at radius 2 is 1.67 bits per heavy atom. The van der Waals surface area contributed by atoms with Gasteiger partial charge in [-0.2, -0.15) is 0 Å². The van der Waals surface area contributed by atoms with Crippen LogP contribution in [-0.2, 0) is 9.59 Å². The van der Waals surface area contributed by atoms with Gasteiger partial charge in [0.25, 0.3) is 11.6 Å². The van der Waals surface area contributed by atoms with E-state index in [1.54, 1.807) is 48.2 Å². The molecule has 2 aliphatic rings. The van der Waals surface area contributed by atoms with Crippen molar-refractivity contribution in [3.8, 4) is 0 Å². The molecule has 45 heavy (non-hydrogen) atoms. The number of benzene rings is 2. The van der Waals surface area contributed by atoms with E-state index in [2.05, 4.69) is 15.5 Å². The number of rotatable bonds is 9. The van der Waals surface area contributed by atoms with Crippen LogP contribution in [0.3, 0.4) is 0 Å². The van der Waals surface area contributed by atoms with Crippen molar-refractivity contribution in [3.63, 3.8) is 0 Å². The number of aryl methyl sites for hydroxylation is 1. The summed E-state index contributed by atoms with van der Waals surface area (Å²) < 4.78 is 5.70. The number of likely N-dealkylation sites (tertiary alicyclic amines) is 2. The molecule has 1 aromatic heterocycles. The van der Waals surface area contributed by atoms with Crippen LogP contribution in [-0.4, -0.2) is 84.5 Å². The molecule has 0 saturated carbocycles. The van der Waals surface area contributed by atoms with Gasteiger partial charge in [-0.05, 0) is 75.4 Å². The second-order valence-electron chi connectivity index (χ2n) is 11.7. The van der Waals surface area contributed by atoms with Gasteiger partial charge in [0.15, 0.2) is 5.78 Å². The average molecular weight is 611 g/mol. The van der Waals surface area contributed by atoms with Crippen molar-refractivity contribution >= 4 is 40.2 Å². The summed E-state index contributed by atoms with van der Waals surface area (Å²) in [5.74, 6) is -0.239. The van der Waals surface area contributed by atoms with Crippen LogP contribution >= 0.6 is 0 Å². The zero-order valence-electron chi connectivity index (χ0n) is 25.9. The molecule has 3 heterocycles. The summed E-state index contributed by atoms with van der Waals surface area (Å²) in [7, 11) is 3.29. The summed E-state index contributed by atoms with van der Waals surface area (Å²) in [4.78, 5) is 61.3. The van der Waals surface area contributed by atoms with E-state index in [4.69, 9.17) is 11.0 Å². The molecule has 2 fully saturated rings. The van der Waals surface area contributed by atoms with Gasteiger partial charge >= 0.3 is 0 Å². The number of hydrogen-bond donors (Lipinski definition) is 2. The van der Waals surface area contributed by atoms with Crippen LogP contribution in [0.25, 0.3) is 15.8 Å². The number of hydrogen-bond acceptors (Lipinski definition) is 7. The third-order valence-electron chi connectivity index (χ3n) is 8.16. The van der Waals surface area contributed by atoms with Gasteiger partial charge < -0.3 is 34.5 Å². The van der Waals surface area contributed by atoms with Gasteiger partial charge in [-0.3, -0.25) is 14.4 Å². The fourth-order valence-electron chi connectivity index (χ4n) is 5.74. The lowest BCUT2D eigenvalue weighted by atomic mass is 10.0. The normalized spacial score (nSPS) is 17.4. The molecule has 2 N–H and O–H groups in total. The molecule has 2 aliphatic heterocycles. The van der Waals surface area contributed by atoms with Crippen LogP contribution in [0.5, 0.6) is 0 Å². The van der Waals surface area contributed by atoms with Crippen molar-refractivity contribution in [2.45, 2.75) is 45.1 Å². The quantitative estimate of drug-likeness (QED) is 0.209. The molecule has 1 unspecified atom stereocenters. The number of nitrogens with zero attached hydrogens (tertiary/aromatic N) is 4. The number of nitrogens with one attached hydrogen (secondary N) is 2. The maximum Gasteiger partial charge on any atom is 0.272 e. The van der Waals surface area contributed by atoms with Crippen LogP contribution < -0.4 is 10.6 Å². The van der Waals surface area contributed by atoms with Crippen LogP contribution in [0.1, 0.15) is 58.6 Å². The summed E-state index contributed by atoms with van der Waals surface area (Å²) in [6.07, 6.45) is 3.88. The van der Waals surface area contributed by atoms with E-state index < -0.39 is 11.8 Å². The molecule has 0 bridgehead atoms. The minimum atomic E-state index is -0.758. The lowest BCUT2D eigenvalue weighted by Gasteiger charge is -2.28. The number of Topliss-reactive ketones (excluding diaryl/α,β-unsaturated/α-hetero) is 1. The minimum absolute atomic E-state index is 0.00657. The highest BCUT2D eigenvalue weighted by Gasteiger charge is 2.32. The Labute approximate surface area is 262 Å². The first-order valence-corrected chi connectivity index (χ1v) is 15.2. The first kappa shape index (κ1) is 31.3. The molecule has 5 rings (SSSR count). The summed E-state index contributed by atoms with van der Waals surface area (Å²) in [5, 5.41) is 7.24. The van der Waals surface area contributed by atoms with Crippen LogP contribution in [0.2, 0.25) is 0 Å². The fraction of sp³-hybridized carbons (Fsp3) is 0.382. The number of anilines is 1. The zero-order chi connectivity index (χ0) is 32.1. The molecular formula is C34H38N6O5. The van der Waals surface area contributed by atoms with Gasteiger partial charge in [0.1, 0.15) is 23.2 Å². The number of fused-ring (bicyclic) bond motifs is 1. The maximum atomic E-state index is 13.8. The molecule has 0 spiro atoms. The Bertz CT molecular complexity index is 1680. The summed E-state index contributed by atoms with van der Waals surface area (Å²) in [6, 6.07) is 12.7. The van der Waals surface area contributed by atoms with Crippen molar-refractivity contribution in [3.05, 3.63) is 88.4 Å². The van der Waals surface area contributed by atoms with E-state index in [0.29, 0.717) is 42.9 Å². The van der Waals surface area contributed by atoms with E-state index >= 15 is 0 Å². The van der Waals surface area contributed by atoms with Gasteiger partial charge in [-0.25, -0.2) is 4.85 Å². The van der Waals surface area contributed by atoms with Crippen LogP contribution in [0.4, 0.5) is 5.69 Å². The molecule has 2 saturated heterocycles. The molecular weight excluding hydrogens is 572 g/mol. The second-order valence-corrected chi connectivity index (χ2v) is 11.7. The van der Waals surface area contributed by atoms with E-state index in [9.17, 15) is 19.2 Å². The Morgan fingerprint density at radius 3 is 2.36 bits per heavy atom. The molecule has 0 aliphatic carbocycles. The van der Waals surface area contributed by atoms with E-state index in [1.807, 2.05) is 19.1 Å². The highest BCUT2D eigenvalue weighted by atomic mass is 16.3. The van der Waals surface area contributed by atoms with Crippen molar-refractivity contribution < 1.29 is 23.6 Å². The predicted molar refractivity (Wildman–Crippen MR) is 170 cm³/mol. The SMILES string of the molecule is [C-]#[N+]/C(C(=O)c1ccc(C(=O)N(C)C)cc1)=C(\Nc1ccc2oc(C)cc2c1)NC1CCCCN(CC(=O)N2CCCC2)C1=O. The summed E-state index contributed by atoms with van der Waals surface area (Å²) >= 11 is 0. The standard InChI is InChI=1S/C34H38N6O5/c1-22-19-25-20-26(14-15-28(25)45-22)36-32(30(35-2)31(42)23-10-12-24(13-11-23)33(43)38(3)4)37-27-9-5-6-18-40(34(27)44)21-29(41)39-16-7-8-17-39/h10-15,19-20,27,36-37H,5-9,16-18,21H2,1,3-4H3/b32-30+. The number of allylic oxidation sites excluding steroid dienone is 1. The first-order valence-electron chi connectivity index (χ1n) is 15.2. The zero-order valence-corrected chi connectivity index (χ0v) is 25.9. The molecule has 11 nitrogen and oxygen atoms in total. The van der Waals surface area contributed by atoms with Gasteiger partial charge in [0.2, 0.25) is 11.8 Å². The summed E-state index contributed by atoms with van der Waals surface area (Å²) in [6.45, 7) is 11.8. The van der Waals surface area contributed by atoms with E-state index in [1.165, 1.54) is 17.0 Å². The van der Waals surface area contributed by atoms with Crippen molar-refractivity contribution in [2.24, 2.45) is 0 Å². The summed E-state index contributed by atoms with van der Waals surface area (Å²) in [5.41, 5.74) is 1.69. The van der Waals surface area contributed by atoms with E-state index in [0.717, 1.165) is 36.8 Å². The maximum absolute atomic E-state index is 13.8. The van der Waals surface area contributed by atoms with Gasteiger partial charge in [0.05, 0.1) is 13.1 Å². The molecule has 3 amide bonds. The third-order valence-corrected chi connectivity index (χ3v) is 8.16. The monoisotopic (exact) mass is 610 g/mol. The lowest BCUT2D eigenvalue weighted by molar-refractivity contribution is -0.140. The third kappa shape index (κ3) is 7.17. The highest BCUT2D eigenvalue weighted by molar-refractivity contribution is 6.11. The number of carbonyl (C=O) groups is 4. The van der Waals surface area contributed by atoms with Gasteiger partial charge in [-0.1, -0.05) is 12.1 Å². The molecule has 2 aromatic carbocycles. The van der Waals surface area contributed by atoms with Crippen molar-refractivity contribution in [2.75, 3.05) is 45.6 Å². The van der Waals surface area contributed by atoms with Gasteiger partial charge in [-0.15, -0.1) is 0 Å². The number of amides is 3. The predicted octanol–water partition coefficient (Wildman–Crippen LogP) is 4.42. The van der Waals surface area contributed by atoms with Crippen LogP contribution in [0.15, 0.2) is 64.5 Å². The molecule has 1 atom stereocenters. The molecule has 3 aromatic rings. The number of ketones is 1. The van der Waals surface area contributed by atoms with Gasteiger partial charge in [0, 0.05) is 55.9 Å². The average Bonchev–Trinajstić information content (AvgIpc) is 3.67. The Hall–Kier alpha value is -5.11. The lowest BCUT2D eigenvalue weighted by Crippen LogP contribution is -2.49. The Balaban J connectivity index is 1.47. The Kier molecular flexibility index (Phi) is 9.52. The molecule has 0 radical (unpaired) electrons.